The number of allylic oxidation sites excluding steroid dienone is 10. The van der Waals surface area contributed by atoms with E-state index in [1.54, 1.807) is 0 Å². The lowest BCUT2D eigenvalue weighted by Gasteiger charge is -2.18. The summed E-state index contributed by atoms with van der Waals surface area (Å²) in [5.41, 5.74) is 5.50. The van der Waals surface area contributed by atoms with Gasteiger partial charge in [-0.05, 0) is 117 Å². The van der Waals surface area contributed by atoms with Gasteiger partial charge in [0, 0.05) is 24.9 Å². The molecule has 0 aromatic heterocycles. The molecule has 200 valence electrons. The molecule has 10 heteroatoms. The number of rotatable bonds is 5. The van der Waals surface area contributed by atoms with Gasteiger partial charge in [0.25, 0.3) is 0 Å². The zero-order valence-electron chi connectivity index (χ0n) is 20.8. The predicted octanol–water partition coefficient (Wildman–Crippen LogP) is 8.58. The second-order valence-corrected chi connectivity index (χ2v) is 10.9. The molecule has 2 aromatic carbocycles. The van der Waals surface area contributed by atoms with Gasteiger partial charge < -0.3 is 22.0 Å². The van der Waals surface area contributed by atoms with E-state index in [9.17, 15) is 17.3 Å². The maximum atomic E-state index is 9.75. The molecule has 1 heterocycles. The summed E-state index contributed by atoms with van der Waals surface area (Å²) in [6, 6.07) is 19.1. The lowest BCUT2D eigenvalue weighted by atomic mass is 10.0. The summed E-state index contributed by atoms with van der Waals surface area (Å²) < 4.78 is 49.8. The van der Waals surface area contributed by atoms with Crippen molar-refractivity contribution < 1.29 is 26.6 Å². The summed E-state index contributed by atoms with van der Waals surface area (Å²) in [7, 11) is -4.00. The lowest BCUT2D eigenvalue weighted by Crippen LogP contribution is -2.16. The first-order valence-electron chi connectivity index (χ1n) is 11.8. The topological polar surface area (TPSA) is 36.0 Å². The molecule has 3 nitrogen and oxygen atoms in total. The van der Waals surface area contributed by atoms with Gasteiger partial charge in [-0.1, -0.05) is 30.3 Å². The highest BCUT2D eigenvalue weighted by Crippen LogP contribution is 2.32. The number of benzene rings is 2. The fraction of sp³-hybridized carbons (Fsp3) is 0.103. The number of nitriles is 1. The molecule has 1 aliphatic carbocycles. The third-order valence-electron chi connectivity index (χ3n) is 5.45. The SMILES string of the molecule is C[N+](CCC#N)=C1C=CC(=CC=C2C=C(c3ccc(I)cc3)C=C(c3ccc(I)cc3)O2)C=C1.F[B-](F)(F)F. The van der Waals surface area contributed by atoms with Crippen LogP contribution in [0.15, 0.2) is 108 Å². The molecule has 0 amide bonds. The Kier molecular flexibility index (Phi) is 11.4. The van der Waals surface area contributed by atoms with Crippen LogP contribution in [-0.2, 0) is 4.74 Å². The Hall–Kier alpha value is -2.92. The molecule has 0 radical (unpaired) electrons. The number of halogens is 6. The van der Waals surface area contributed by atoms with Gasteiger partial charge in [-0.25, -0.2) is 4.58 Å². The first kappa shape index (κ1) is 30.6. The Labute approximate surface area is 252 Å². The van der Waals surface area contributed by atoms with Gasteiger partial charge in [-0.15, -0.1) is 0 Å². The third-order valence-corrected chi connectivity index (χ3v) is 6.89. The van der Waals surface area contributed by atoms with E-state index in [-0.39, 0.29) is 0 Å². The normalized spacial score (nSPS) is 15.5. The number of hydrogen-bond donors (Lipinski definition) is 0. The van der Waals surface area contributed by atoms with E-state index in [0.29, 0.717) is 6.42 Å². The van der Waals surface area contributed by atoms with E-state index in [1.165, 1.54) is 7.14 Å². The van der Waals surface area contributed by atoms with Crippen molar-refractivity contribution >= 4 is 69.5 Å². The van der Waals surface area contributed by atoms with Crippen molar-refractivity contribution in [1.82, 2.24) is 0 Å². The summed E-state index contributed by atoms with van der Waals surface area (Å²) in [5.74, 6) is 1.63. The van der Waals surface area contributed by atoms with Gasteiger partial charge >= 0.3 is 7.25 Å². The van der Waals surface area contributed by atoms with Crippen LogP contribution >= 0.6 is 45.2 Å². The predicted molar refractivity (Wildman–Crippen MR) is 166 cm³/mol. The zero-order valence-corrected chi connectivity index (χ0v) is 25.1. The monoisotopic (exact) mass is 756 g/mol. The average molecular weight is 756 g/mol. The maximum absolute atomic E-state index is 9.75. The second kappa shape index (κ2) is 14.5. The number of nitrogens with zero attached hydrogens (tertiary/aromatic N) is 2. The fourth-order valence-electron chi connectivity index (χ4n) is 3.53. The first-order valence-corrected chi connectivity index (χ1v) is 13.9. The highest BCUT2D eigenvalue weighted by molar-refractivity contribution is 14.1. The summed E-state index contributed by atoms with van der Waals surface area (Å²) >= 11 is 4.64. The van der Waals surface area contributed by atoms with Crippen molar-refractivity contribution in [3.8, 4) is 6.07 Å². The Balaban J connectivity index is 0.000000771. The third kappa shape index (κ3) is 10.6. The van der Waals surface area contributed by atoms with Gasteiger partial charge in [0.15, 0.2) is 12.3 Å². The van der Waals surface area contributed by atoms with Crippen molar-refractivity contribution in [3.63, 3.8) is 0 Å². The highest BCUT2D eigenvalue weighted by atomic mass is 127. The maximum Gasteiger partial charge on any atom is 0.673 e. The number of hydrogen-bond acceptors (Lipinski definition) is 2. The second-order valence-electron chi connectivity index (χ2n) is 8.38. The number of ether oxygens (including phenoxy) is 1. The van der Waals surface area contributed by atoms with Crippen molar-refractivity contribution in [2.75, 3.05) is 13.6 Å². The van der Waals surface area contributed by atoms with E-state index < -0.39 is 7.25 Å². The van der Waals surface area contributed by atoms with Gasteiger partial charge in [-0.2, -0.15) is 5.26 Å². The minimum Gasteiger partial charge on any atom is -0.457 e. The molecule has 1 aliphatic heterocycles. The smallest absolute Gasteiger partial charge is 0.457 e. The van der Waals surface area contributed by atoms with Crippen LogP contribution in [0.5, 0.6) is 0 Å². The summed E-state index contributed by atoms with van der Waals surface area (Å²) in [6.45, 7) is 0.719. The molecule has 0 saturated carbocycles. The van der Waals surface area contributed by atoms with Crippen molar-refractivity contribution in [3.05, 3.63) is 127 Å². The van der Waals surface area contributed by atoms with Crippen molar-refractivity contribution in [2.24, 2.45) is 0 Å². The Bertz CT molecular complexity index is 1420. The van der Waals surface area contributed by atoms with Crippen LogP contribution in [0.2, 0.25) is 0 Å². The molecular formula is C29H23BF4I2N2O. The quantitative estimate of drug-likeness (QED) is 0.133. The van der Waals surface area contributed by atoms with E-state index in [2.05, 4.69) is 147 Å². The lowest BCUT2D eigenvalue weighted by molar-refractivity contribution is -0.494. The van der Waals surface area contributed by atoms with Gasteiger partial charge in [0.1, 0.15) is 18.6 Å². The molecule has 4 rings (SSSR count). The van der Waals surface area contributed by atoms with Crippen LogP contribution in [-0.4, -0.2) is 31.1 Å². The molecule has 2 aromatic rings. The molecule has 0 atom stereocenters. The molecule has 39 heavy (non-hydrogen) atoms. The largest absolute Gasteiger partial charge is 0.673 e. The molecule has 2 aliphatic rings. The summed E-state index contributed by atoms with van der Waals surface area (Å²) in [5, 5.41) is 8.80. The molecule has 0 N–H and O–H groups in total. The zero-order chi connectivity index (χ0) is 28.4. The van der Waals surface area contributed by atoms with Crippen LogP contribution in [0, 0.1) is 18.5 Å². The standard InChI is InChI=1S/C29H23I2N2O.BF4/c1-33(18-2-17-32)27-14-3-21(4-15-27)5-16-28-19-24(22-6-10-25(30)11-7-22)20-29(34-28)23-8-12-26(31)13-9-23;2-1(3,4)5/h3-16,19-20H,2,18H2,1H3;/q+1;-1. The Morgan fingerprint density at radius 3 is 1.92 bits per heavy atom. The van der Waals surface area contributed by atoms with E-state index in [4.69, 9.17) is 10.00 Å². The molecule has 0 fully saturated rings. The Morgan fingerprint density at radius 2 is 1.38 bits per heavy atom. The molecule has 0 bridgehead atoms. The summed E-state index contributed by atoms with van der Waals surface area (Å²) in [4.78, 5) is 0. The van der Waals surface area contributed by atoms with Gasteiger partial charge in [0.2, 0.25) is 0 Å². The molecule has 0 unspecified atom stereocenters. The fourth-order valence-corrected chi connectivity index (χ4v) is 4.25. The van der Waals surface area contributed by atoms with Crippen LogP contribution in [0.1, 0.15) is 17.5 Å². The van der Waals surface area contributed by atoms with E-state index >= 15 is 0 Å². The Morgan fingerprint density at radius 1 is 0.846 bits per heavy atom. The van der Waals surface area contributed by atoms with Crippen LogP contribution < -0.4 is 0 Å². The average Bonchev–Trinajstić information content (AvgIpc) is 2.90. The minimum absolute atomic E-state index is 0.513. The first-order chi connectivity index (χ1) is 18.5. The highest BCUT2D eigenvalue weighted by Gasteiger charge is 2.20. The molecule has 0 spiro atoms. The summed E-state index contributed by atoms with van der Waals surface area (Å²) in [6.07, 6.45) is 17.1. The van der Waals surface area contributed by atoms with Crippen LogP contribution in [0.25, 0.3) is 11.3 Å². The van der Waals surface area contributed by atoms with Crippen LogP contribution in [0.4, 0.5) is 17.3 Å². The van der Waals surface area contributed by atoms with Crippen molar-refractivity contribution in [2.45, 2.75) is 6.42 Å². The van der Waals surface area contributed by atoms with Gasteiger partial charge in [0.05, 0.1) is 12.5 Å². The van der Waals surface area contributed by atoms with E-state index in [1.807, 2.05) is 13.1 Å². The molecular weight excluding hydrogens is 733 g/mol. The minimum atomic E-state index is -6.00. The van der Waals surface area contributed by atoms with E-state index in [0.717, 1.165) is 46.0 Å². The van der Waals surface area contributed by atoms with Crippen LogP contribution in [0.3, 0.4) is 0 Å². The molecule has 0 saturated heterocycles. The van der Waals surface area contributed by atoms with Gasteiger partial charge in [-0.3, -0.25) is 0 Å². The van der Waals surface area contributed by atoms with Crippen molar-refractivity contribution in [1.29, 1.82) is 5.26 Å².